The number of nitrogens with zero attached hydrogens (tertiary/aromatic N) is 4. The Hall–Kier alpha value is -2.46. The Bertz CT molecular complexity index is 971. The fourth-order valence-electron chi connectivity index (χ4n) is 3.08. The Morgan fingerprint density at radius 2 is 2.03 bits per heavy atom. The first-order chi connectivity index (χ1) is 14.1. The van der Waals surface area contributed by atoms with Gasteiger partial charge in [0.1, 0.15) is 5.82 Å². The summed E-state index contributed by atoms with van der Waals surface area (Å²) in [6.45, 7) is 3.37. The highest BCUT2D eigenvalue weighted by atomic mass is 32.2. The van der Waals surface area contributed by atoms with Gasteiger partial charge in [-0.15, -0.1) is 0 Å². The topological polar surface area (TPSA) is 91.6 Å². The van der Waals surface area contributed by atoms with Crippen LogP contribution in [0.25, 0.3) is 0 Å². The number of guanidine groups is 1. The number of benzene rings is 1. The van der Waals surface area contributed by atoms with Gasteiger partial charge in [-0.05, 0) is 44.3 Å². The van der Waals surface area contributed by atoms with Crippen LogP contribution in [0, 0.1) is 5.82 Å². The molecule has 30 heavy (non-hydrogen) atoms. The molecule has 166 valence electrons. The van der Waals surface area contributed by atoms with E-state index in [1.54, 1.807) is 4.68 Å². The average molecular weight is 439 g/mol. The first-order valence-corrected chi connectivity index (χ1v) is 11.8. The smallest absolute Gasteiger partial charge is 0.191 e. The van der Waals surface area contributed by atoms with E-state index in [0.29, 0.717) is 30.2 Å². The van der Waals surface area contributed by atoms with Gasteiger partial charge in [-0.25, -0.2) is 17.8 Å². The number of rotatable bonds is 9. The normalized spacial score (nSPS) is 13.5. The maximum atomic E-state index is 13.7. The van der Waals surface area contributed by atoms with Gasteiger partial charge in [-0.2, -0.15) is 5.10 Å². The molecule has 1 unspecified atom stereocenters. The van der Waals surface area contributed by atoms with Crippen molar-refractivity contribution in [3.8, 4) is 0 Å². The average Bonchev–Trinajstić information content (AvgIpc) is 3.06. The summed E-state index contributed by atoms with van der Waals surface area (Å²) in [5.41, 5.74) is 2.18. The number of hydrogen-bond acceptors (Lipinski definition) is 5. The van der Waals surface area contributed by atoms with E-state index in [0.717, 1.165) is 11.8 Å². The number of halogens is 1. The van der Waals surface area contributed by atoms with Crippen molar-refractivity contribution in [1.82, 2.24) is 25.3 Å². The lowest BCUT2D eigenvalue weighted by atomic mass is 10.1. The number of aryl methyl sites for hydroxylation is 1. The standard InChI is InChI=1S/C20H31FN6O2S/c1-6-22-20(24-12-19(26(2)3)17-11-25-27(4)13-17)23-10-16-9-18(21)8-7-15(16)14-30(5,28)29/h7-9,11,13,19H,6,10,12,14H2,1-5H3,(H2,22,23,24). The third-order valence-corrected chi connectivity index (χ3v) is 5.37. The number of likely N-dealkylation sites (N-methyl/N-ethyl adjacent to an activating group) is 1. The molecule has 0 amide bonds. The summed E-state index contributed by atoms with van der Waals surface area (Å²) in [6.07, 6.45) is 4.97. The lowest BCUT2D eigenvalue weighted by Crippen LogP contribution is -2.41. The van der Waals surface area contributed by atoms with E-state index in [9.17, 15) is 12.8 Å². The molecule has 8 nitrogen and oxygen atoms in total. The molecule has 0 saturated carbocycles. The Morgan fingerprint density at radius 3 is 2.60 bits per heavy atom. The Morgan fingerprint density at radius 1 is 1.30 bits per heavy atom. The highest BCUT2D eigenvalue weighted by molar-refractivity contribution is 7.89. The highest BCUT2D eigenvalue weighted by Crippen LogP contribution is 2.17. The molecule has 2 aromatic rings. The summed E-state index contributed by atoms with van der Waals surface area (Å²) in [5.74, 6) is 0.00805. The summed E-state index contributed by atoms with van der Waals surface area (Å²) >= 11 is 0. The van der Waals surface area contributed by atoms with Gasteiger partial charge >= 0.3 is 0 Å². The molecule has 0 bridgehead atoms. The minimum Gasteiger partial charge on any atom is -0.357 e. The second-order valence-electron chi connectivity index (χ2n) is 7.49. The highest BCUT2D eigenvalue weighted by Gasteiger charge is 2.16. The molecule has 1 aromatic heterocycles. The van der Waals surface area contributed by atoms with Crippen molar-refractivity contribution in [3.05, 3.63) is 53.1 Å². The molecule has 0 aliphatic heterocycles. The maximum absolute atomic E-state index is 13.7. The molecular weight excluding hydrogens is 407 g/mol. The molecule has 0 fully saturated rings. The van der Waals surface area contributed by atoms with E-state index < -0.39 is 15.7 Å². The second-order valence-corrected chi connectivity index (χ2v) is 9.63. The van der Waals surface area contributed by atoms with Crippen molar-refractivity contribution in [2.24, 2.45) is 12.0 Å². The van der Waals surface area contributed by atoms with Gasteiger partial charge in [0.2, 0.25) is 0 Å². The van der Waals surface area contributed by atoms with Crippen LogP contribution in [0.2, 0.25) is 0 Å². The largest absolute Gasteiger partial charge is 0.357 e. The third kappa shape index (κ3) is 7.42. The lowest BCUT2D eigenvalue weighted by Gasteiger charge is -2.24. The summed E-state index contributed by atoms with van der Waals surface area (Å²) in [7, 11) is 2.63. The van der Waals surface area contributed by atoms with Crippen LogP contribution in [-0.2, 0) is 29.2 Å². The monoisotopic (exact) mass is 438 g/mol. The van der Waals surface area contributed by atoms with Crippen LogP contribution in [-0.4, -0.2) is 62.5 Å². The minimum absolute atomic E-state index is 0.0810. The van der Waals surface area contributed by atoms with Gasteiger partial charge in [0.15, 0.2) is 15.8 Å². The van der Waals surface area contributed by atoms with Crippen LogP contribution < -0.4 is 10.6 Å². The molecule has 0 aliphatic carbocycles. The lowest BCUT2D eigenvalue weighted by molar-refractivity contribution is 0.298. The van der Waals surface area contributed by atoms with E-state index in [-0.39, 0.29) is 18.3 Å². The summed E-state index contributed by atoms with van der Waals surface area (Å²) < 4.78 is 38.9. The molecule has 2 N–H and O–H groups in total. The predicted molar refractivity (Wildman–Crippen MR) is 117 cm³/mol. The van der Waals surface area contributed by atoms with Crippen molar-refractivity contribution in [1.29, 1.82) is 0 Å². The minimum atomic E-state index is -3.24. The quantitative estimate of drug-likeness (QED) is 0.455. The number of sulfone groups is 1. The van der Waals surface area contributed by atoms with Crippen molar-refractivity contribution in [2.45, 2.75) is 25.3 Å². The Balaban J connectivity index is 2.17. The van der Waals surface area contributed by atoms with E-state index in [1.807, 2.05) is 40.5 Å². The summed E-state index contributed by atoms with van der Waals surface area (Å²) in [4.78, 5) is 6.63. The number of hydrogen-bond donors (Lipinski definition) is 2. The molecule has 10 heteroatoms. The Labute approximate surface area is 178 Å². The number of aliphatic imine (C=N–C) groups is 1. The molecule has 1 heterocycles. The van der Waals surface area contributed by atoms with E-state index in [2.05, 4.69) is 25.6 Å². The zero-order valence-corrected chi connectivity index (χ0v) is 19.0. The van der Waals surface area contributed by atoms with Gasteiger partial charge in [0, 0.05) is 38.2 Å². The van der Waals surface area contributed by atoms with Crippen LogP contribution in [0.5, 0.6) is 0 Å². The molecule has 2 rings (SSSR count). The van der Waals surface area contributed by atoms with Gasteiger partial charge in [-0.1, -0.05) is 6.07 Å². The fraction of sp³-hybridized carbons (Fsp3) is 0.500. The molecule has 0 radical (unpaired) electrons. The van der Waals surface area contributed by atoms with Crippen LogP contribution >= 0.6 is 0 Å². The molecular formula is C20H31FN6O2S. The number of nitrogens with one attached hydrogen (secondary N) is 2. The predicted octanol–water partition coefficient (Wildman–Crippen LogP) is 1.46. The van der Waals surface area contributed by atoms with Crippen molar-refractivity contribution < 1.29 is 12.8 Å². The van der Waals surface area contributed by atoms with Crippen LogP contribution in [0.1, 0.15) is 29.7 Å². The van der Waals surface area contributed by atoms with Gasteiger partial charge in [0.05, 0.1) is 24.5 Å². The van der Waals surface area contributed by atoms with Crippen molar-refractivity contribution >= 4 is 15.8 Å². The molecule has 0 aliphatic rings. The van der Waals surface area contributed by atoms with Gasteiger partial charge in [0.25, 0.3) is 0 Å². The molecule has 0 saturated heterocycles. The van der Waals surface area contributed by atoms with Crippen molar-refractivity contribution in [3.63, 3.8) is 0 Å². The molecule has 1 atom stereocenters. The van der Waals surface area contributed by atoms with E-state index in [1.165, 1.54) is 18.2 Å². The van der Waals surface area contributed by atoms with Gasteiger partial charge in [-0.3, -0.25) is 4.68 Å². The second kappa shape index (κ2) is 10.5. The first kappa shape index (κ1) is 23.8. The zero-order chi connectivity index (χ0) is 22.3. The van der Waals surface area contributed by atoms with E-state index in [4.69, 9.17) is 0 Å². The molecule has 0 spiro atoms. The van der Waals surface area contributed by atoms with Crippen LogP contribution in [0.15, 0.2) is 35.6 Å². The van der Waals surface area contributed by atoms with Crippen LogP contribution in [0.3, 0.4) is 0 Å². The third-order valence-electron chi connectivity index (χ3n) is 4.53. The zero-order valence-electron chi connectivity index (χ0n) is 18.2. The maximum Gasteiger partial charge on any atom is 0.191 e. The summed E-state index contributed by atoms with van der Waals surface area (Å²) in [6, 6.07) is 4.20. The number of aromatic nitrogens is 2. The first-order valence-electron chi connectivity index (χ1n) is 9.71. The van der Waals surface area contributed by atoms with E-state index >= 15 is 0 Å². The SMILES string of the molecule is CCNC(=NCc1cc(F)ccc1CS(C)(=O)=O)NCC(c1cnn(C)c1)N(C)C. The molecule has 1 aromatic carbocycles. The van der Waals surface area contributed by atoms with Crippen LogP contribution in [0.4, 0.5) is 4.39 Å². The Kier molecular flexibility index (Phi) is 8.36. The fourth-order valence-corrected chi connectivity index (χ4v) is 3.92. The van der Waals surface area contributed by atoms with Gasteiger partial charge < -0.3 is 15.5 Å². The van der Waals surface area contributed by atoms with Crippen molar-refractivity contribution in [2.75, 3.05) is 33.4 Å². The summed E-state index contributed by atoms with van der Waals surface area (Å²) in [5, 5.41) is 10.7.